The molecule has 22 heavy (non-hydrogen) atoms. The van der Waals surface area contributed by atoms with Crippen molar-refractivity contribution in [2.24, 2.45) is 0 Å². The topological polar surface area (TPSA) is 41.1 Å². The van der Waals surface area contributed by atoms with Gasteiger partial charge in [0.15, 0.2) is 0 Å². The number of hydrogen-bond donors (Lipinski definition) is 2. The molecule has 0 saturated carbocycles. The van der Waals surface area contributed by atoms with Crippen LogP contribution in [0.5, 0.6) is 0 Å². The minimum Gasteiger partial charge on any atom is -0.361 e. The Labute approximate surface area is 132 Å². The summed E-state index contributed by atoms with van der Waals surface area (Å²) < 4.78 is 0. The Morgan fingerprint density at radius 2 is 1.73 bits per heavy atom. The van der Waals surface area contributed by atoms with Crippen molar-refractivity contribution in [3.63, 3.8) is 0 Å². The molecule has 4 heteroatoms. The number of benzene rings is 3. The van der Waals surface area contributed by atoms with Crippen LogP contribution < -0.4 is 10.6 Å². The fourth-order valence-corrected chi connectivity index (χ4v) is 3.06. The van der Waals surface area contributed by atoms with Gasteiger partial charge in [0.1, 0.15) is 6.17 Å². The summed E-state index contributed by atoms with van der Waals surface area (Å²) in [4.78, 5) is 12.3. The second kappa shape index (κ2) is 5.04. The number of hydrogen-bond acceptors (Lipinski definition) is 2. The van der Waals surface area contributed by atoms with Crippen LogP contribution in [0.2, 0.25) is 5.02 Å². The largest absolute Gasteiger partial charge is 0.361 e. The molecule has 0 aromatic heterocycles. The number of rotatable bonds is 1. The van der Waals surface area contributed by atoms with E-state index >= 15 is 0 Å². The van der Waals surface area contributed by atoms with Crippen LogP contribution in [0.1, 0.15) is 22.1 Å². The summed E-state index contributed by atoms with van der Waals surface area (Å²) in [5, 5.41) is 9.20. The molecule has 4 rings (SSSR count). The predicted molar refractivity (Wildman–Crippen MR) is 89.2 cm³/mol. The van der Waals surface area contributed by atoms with Gasteiger partial charge in [-0.25, -0.2) is 0 Å². The Kier molecular flexibility index (Phi) is 3.01. The minimum absolute atomic E-state index is 0.116. The number of anilines is 1. The van der Waals surface area contributed by atoms with Crippen molar-refractivity contribution in [3.8, 4) is 0 Å². The Bertz CT molecular complexity index is 886. The van der Waals surface area contributed by atoms with Gasteiger partial charge in [-0.15, -0.1) is 0 Å². The zero-order valence-electron chi connectivity index (χ0n) is 11.6. The van der Waals surface area contributed by atoms with E-state index in [-0.39, 0.29) is 12.1 Å². The van der Waals surface area contributed by atoms with Crippen LogP contribution in [-0.4, -0.2) is 5.91 Å². The molecule has 3 nitrogen and oxygen atoms in total. The Morgan fingerprint density at radius 1 is 0.909 bits per heavy atom. The van der Waals surface area contributed by atoms with E-state index in [2.05, 4.69) is 28.8 Å². The number of halogens is 1. The van der Waals surface area contributed by atoms with Gasteiger partial charge < -0.3 is 10.6 Å². The number of nitrogens with one attached hydrogen (secondary N) is 2. The summed E-state index contributed by atoms with van der Waals surface area (Å²) in [7, 11) is 0. The molecule has 1 heterocycles. The molecular formula is C18H13ClN2O. The highest BCUT2D eigenvalue weighted by Gasteiger charge is 2.25. The first-order valence-electron chi connectivity index (χ1n) is 7.07. The summed E-state index contributed by atoms with van der Waals surface area (Å²) in [6, 6.07) is 19.5. The first kappa shape index (κ1) is 13.2. The third kappa shape index (κ3) is 2.11. The number of amides is 1. The van der Waals surface area contributed by atoms with Gasteiger partial charge in [0.2, 0.25) is 0 Å². The van der Waals surface area contributed by atoms with Crippen molar-refractivity contribution >= 4 is 34.0 Å². The van der Waals surface area contributed by atoms with Gasteiger partial charge in [-0.05, 0) is 29.0 Å². The molecule has 0 radical (unpaired) electrons. The third-order valence-electron chi connectivity index (χ3n) is 3.94. The molecule has 1 amide bonds. The molecule has 108 valence electrons. The maximum Gasteiger partial charge on any atom is 0.255 e. The summed E-state index contributed by atoms with van der Waals surface area (Å²) >= 11 is 5.97. The molecular weight excluding hydrogens is 296 g/mol. The molecule has 3 aromatic carbocycles. The molecule has 0 spiro atoms. The highest BCUT2D eigenvalue weighted by atomic mass is 35.5. The van der Waals surface area contributed by atoms with Crippen molar-refractivity contribution in [2.45, 2.75) is 6.17 Å². The van der Waals surface area contributed by atoms with Crippen LogP contribution in [0.3, 0.4) is 0 Å². The molecule has 1 aliphatic heterocycles. The predicted octanol–water partition coefficient (Wildman–Crippen LogP) is 4.35. The lowest BCUT2D eigenvalue weighted by Gasteiger charge is -2.29. The zero-order chi connectivity index (χ0) is 15.1. The molecule has 0 unspecified atom stereocenters. The first-order chi connectivity index (χ1) is 10.7. The van der Waals surface area contributed by atoms with Gasteiger partial charge in [0.05, 0.1) is 5.56 Å². The number of carbonyl (C=O) groups excluding carboxylic acids is 1. The molecule has 1 aliphatic rings. The fraction of sp³-hybridized carbons (Fsp3) is 0.0556. The average molecular weight is 309 g/mol. The standard InChI is InChI=1S/C18H13ClN2O/c19-12-8-9-16-15(10-12)18(22)21-17(20-16)14-7-3-5-11-4-1-2-6-13(11)14/h1-10,17,20H,(H,21,22)/t17-/m1/s1. The Balaban J connectivity index is 1.81. The third-order valence-corrected chi connectivity index (χ3v) is 4.17. The lowest BCUT2D eigenvalue weighted by atomic mass is 10.00. The van der Waals surface area contributed by atoms with Crippen molar-refractivity contribution in [2.75, 3.05) is 5.32 Å². The van der Waals surface area contributed by atoms with Crippen LogP contribution in [0, 0.1) is 0 Å². The SMILES string of the molecule is O=C1N[C@H](c2cccc3ccccc23)Nc2ccc(Cl)cc21. The van der Waals surface area contributed by atoms with E-state index < -0.39 is 0 Å². The highest BCUT2D eigenvalue weighted by Crippen LogP contribution is 2.31. The average Bonchev–Trinajstić information content (AvgIpc) is 2.55. The molecule has 0 saturated heterocycles. The van der Waals surface area contributed by atoms with Gasteiger partial charge in [-0.3, -0.25) is 4.79 Å². The second-order valence-electron chi connectivity index (χ2n) is 5.31. The molecule has 3 aromatic rings. The van der Waals surface area contributed by atoms with Crippen LogP contribution in [0.15, 0.2) is 60.7 Å². The van der Waals surface area contributed by atoms with Crippen LogP contribution >= 0.6 is 11.6 Å². The second-order valence-corrected chi connectivity index (χ2v) is 5.75. The summed E-state index contributed by atoms with van der Waals surface area (Å²) in [6.45, 7) is 0. The van der Waals surface area contributed by atoms with E-state index in [0.717, 1.165) is 22.0 Å². The molecule has 1 atom stereocenters. The van der Waals surface area contributed by atoms with E-state index in [1.165, 1.54) is 0 Å². The minimum atomic E-state index is -0.257. The maximum absolute atomic E-state index is 12.3. The van der Waals surface area contributed by atoms with E-state index in [1.807, 2.05) is 30.3 Å². The van der Waals surface area contributed by atoms with Gasteiger partial charge >= 0.3 is 0 Å². The highest BCUT2D eigenvalue weighted by molar-refractivity contribution is 6.31. The maximum atomic E-state index is 12.3. The van der Waals surface area contributed by atoms with Gasteiger partial charge in [0.25, 0.3) is 5.91 Å². The quantitative estimate of drug-likeness (QED) is 0.702. The Hall–Kier alpha value is -2.52. The fourth-order valence-electron chi connectivity index (χ4n) is 2.89. The molecule has 0 fully saturated rings. The van der Waals surface area contributed by atoms with Gasteiger partial charge in [0, 0.05) is 16.3 Å². The van der Waals surface area contributed by atoms with Crippen molar-refractivity contribution < 1.29 is 4.79 Å². The molecule has 0 bridgehead atoms. The van der Waals surface area contributed by atoms with E-state index in [0.29, 0.717) is 10.6 Å². The number of carbonyl (C=O) groups is 1. The summed E-state index contributed by atoms with van der Waals surface area (Å²) in [5.41, 5.74) is 2.42. The van der Waals surface area contributed by atoms with Crippen LogP contribution in [0.25, 0.3) is 10.8 Å². The van der Waals surface area contributed by atoms with Gasteiger partial charge in [-0.1, -0.05) is 54.1 Å². The van der Waals surface area contributed by atoms with E-state index in [4.69, 9.17) is 11.6 Å². The lowest BCUT2D eigenvalue weighted by Crippen LogP contribution is -2.38. The van der Waals surface area contributed by atoms with E-state index in [9.17, 15) is 4.79 Å². The van der Waals surface area contributed by atoms with Crippen LogP contribution in [0.4, 0.5) is 5.69 Å². The molecule has 2 N–H and O–H groups in total. The zero-order valence-corrected chi connectivity index (χ0v) is 12.4. The Morgan fingerprint density at radius 3 is 2.64 bits per heavy atom. The summed E-state index contributed by atoms with van der Waals surface area (Å²) in [5.74, 6) is -0.116. The summed E-state index contributed by atoms with van der Waals surface area (Å²) in [6.07, 6.45) is -0.257. The van der Waals surface area contributed by atoms with Crippen LogP contribution in [-0.2, 0) is 0 Å². The number of fused-ring (bicyclic) bond motifs is 2. The van der Waals surface area contributed by atoms with Crippen molar-refractivity contribution in [1.82, 2.24) is 5.32 Å². The first-order valence-corrected chi connectivity index (χ1v) is 7.45. The van der Waals surface area contributed by atoms with E-state index in [1.54, 1.807) is 12.1 Å². The van der Waals surface area contributed by atoms with Gasteiger partial charge in [-0.2, -0.15) is 0 Å². The van der Waals surface area contributed by atoms with Crippen molar-refractivity contribution in [3.05, 3.63) is 76.8 Å². The normalized spacial score (nSPS) is 16.8. The molecule has 0 aliphatic carbocycles. The smallest absolute Gasteiger partial charge is 0.255 e. The monoisotopic (exact) mass is 308 g/mol. The van der Waals surface area contributed by atoms with Crippen molar-refractivity contribution in [1.29, 1.82) is 0 Å². The lowest BCUT2D eigenvalue weighted by molar-refractivity contribution is 0.0936.